The van der Waals surface area contributed by atoms with Gasteiger partial charge in [-0.25, -0.2) is 4.79 Å². The molecule has 0 aromatic heterocycles. The number of ether oxygens (including phenoxy) is 2. The number of benzene rings is 1. The summed E-state index contributed by atoms with van der Waals surface area (Å²) in [5.41, 5.74) is 0.975. The van der Waals surface area contributed by atoms with Gasteiger partial charge in [-0.1, -0.05) is 18.5 Å². The van der Waals surface area contributed by atoms with Crippen molar-refractivity contribution in [1.82, 2.24) is 0 Å². The van der Waals surface area contributed by atoms with Gasteiger partial charge >= 0.3 is 5.97 Å². The fourth-order valence-corrected chi connectivity index (χ4v) is 1.54. The number of aryl methyl sites for hydroxylation is 1. The highest BCUT2D eigenvalue weighted by Gasteiger charge is 2.16. The Morgan fingerprint density at radius 3 is 2.75 bits per heavy atom. The number of carbonyl (C=O) groups is 1. The summed E-state index contributed by atoms with van der Waals surface area (Å²) in [4.78, 5) is 11.2. The van der Waals surface area contributed by atoms with Crippen molar-refractivity contribution in [2.75, 3.05) is 7.11 Å². The summed E-state index contributed by atoms with van der Waals surface area (Å²) in [6.07, 6.45) is 0.181. The Labute approximate surface area is 100 Å². The van der Waals surface area contributed by atoms with Crippen LogP contribution in [0.25, 0.3) is 0 Å². The van der Waals surface area contributed by atoms with Gasteiger partial charge in [-0.2, -0.15) is 0 Å². The molecule has 1 aromatic carbocycles. The topological polar surface area (TPSA) is 35.5 Å². The van der Waals surface area contributed by atoms with Gasteiger partial charge in [0.1, 0.15) is 5.75 Å². The van der Waals surface area contributed by atoms with Crippen LogP contribution in [0.4, 0.5) is 0 Å². The maximum Gasteiger partial charge on any atom is 0.346 e. The molecule has 0 radical (unpaired) electrons. The van der Waals surface area contributed by atoms with Crippen LogP contribution >= 0.6 is 11.6 Å². The van der Waals surface area contributed by atoms with Crippen molar-refractivity contribution >= 4 is 17.6 Å². The summed E-state index contributed by atoms with van der Waals surface area (Å²) >= 11 is 5.87. The molecule has 0 aliphatic rings. The van der Waals surface area contributed by atoms with Crippen molar-refractivity contribution in [3.63, 3.8) is 0 Å². The van der Waals surface area contributed by atoms with Gasteiger partial charge in [0.2, 0.25) is 0 Å². The van der Waals surface area contributed by atoms with E-state index in [-0.39, 0.29) is 0 Å². The first-order valence-corrected chi connectivity index (χ1v) is 5.49. The molecule has 16 heavy (non-hydrogen) atoms. The Hall–Kier alpha value is -1.22. The number of methoxy groups -OCH3 is 1. The molecule has 0 aliphatic carbocycles. The molecule has 1 rings (SSSR count). The minimum Gasteiger partial charge on any atom is -0.479 e. The van der Waals surface area contributed by atoms with Gasteiger partial charge < -0.3 is 9.47 Å². The van der Waals surface area contributed by atoms with Crippen molar-refractivity contribution in [2.45, 2.75) is 26.4 Å². The summed E-state index contributed by atoms with van der Waals surface area (Å²) in [6, 6.07) is 5.33. The number of carbonyl (C=O) groups excluding carboxylic acids is 1. The summed E-state index contributed by atoms with van der Waals surface area (Å²) in [5, 5.41) is 0.662. The third-order valence-corrected chi connectivity index (χ3v) is 2.48. The Bertz CT molecular complexity index is 377. The zero-order valence-corrected chi connectivity index (χ0v) is 10.4. The predicted octanol–water partition coefficient (Wildman–Crippen LogP) is 2.84. The molecule has 4 heteroatoms. The molecule has 1 aromatic rings. The lowest BCUT2D eigenvalue weighted by atomic mass is 10.1. The molecule has 0 spiro atoms. The molecule has 1 atom stereocenters. The van der Waals surface area contributed by atoms with Crippen LogP contribution in [0.3, 0.4) is 0 Å². The molecule has 88 valence electrons. The largest absolute Gasteiger partial charge is 0.479 e. The second-order valence-electron chi connectivity index (χ2n) is 3.39. The van der Waals surface area contributed by atoms with Crippen molar-refractivity contribution in [2.24, 2.45) is 0 Å². The molecular weight excluding hydrogens is 228 g/mol. The monoisotopic (exact) mass is 242 g/mol. The Morgan fingerprint density at radius 2 is 2.19 bits per heavy atom. The average Bonchev–Trinajstić information content (AvgIpc) is 2.30. The molecule has 3 nitrogen and oxygen atoms in total. The van der Waals surface area contributed by atoms with Gasteiger partial charge in [0.05, 0.1) is 7.11 Å². The molecule has 0 aliphatic heterocycles. The molecule has 0 saturated carbocycles. The summed E-state index contributed by atoms with van der Waals surface area (Å²) in [7, 11) is 1.34. The van der Waals surface area contributed by atoms with Crippen LogP contribution in [0.1, 0.15) is 19.4 Å². The minimum absolute atomic E-state index is 0.392. The number of hydrogen-bond donors (Lipinski definition) is 0. The second kappa shape index (κ2) is 5.75. The average molecular weight is 243 g/mol. The Kier molecular flexibility index (Phi) is 4.62. The molecule has 0 heterocycles. The third kappa shape index (κ3) is 3.14. The van der Waals surface area contributed by atoms with E-state index in [1.165, 1.54) is 7.11 Å². The highest BCUT2D eigenvalue weighted by atomic mass is 35.5. The molecule has 0 saturated heterocycles. The van der Waals surface area contributed by atoms with E-state index >= 15 is 0 Å². The summed E-state index contributed by atoms with van der Waals surface area (Å²) in [6.45, 7) is 3.65. The van der Waals surface area contributed by atoms with Gasteiger partial charge in [0, 0.05) is 5.02 Å². The van der Waals surface area contributed by atoms with Gasteiger partial charge in [0.15, 0.2) is 6.10 Å². The zero-order valence-electron chi connectivity index (χ0n) is 9.62. The van der Waals surface area contributed by atoms with Crippen LogP contribution in [0.2, 0.25) is 5.02 Å². The minimum atomic E-state index is -0.614. The number of esters is 1. The highest BCUT2D eigenvalue weighted by molar-refractivity contribution is 6.30. The smallest absolute Gasteiger partial charge is 0.346 e. The maximum atomic E-state index is 11.2. The lowest BCUT2D eigenvalue weighted by Gasteiger charge is -2.15. The van der Waals surface area contributed by atoms with E-state index in [2.05, 4.69) is 4.74 Å². The SMILES string of the molecule is CCc1cc(Cl)ccc1O[C@@H](C)C(=O)OC. The van der Waals surface area contributed by atoms with Crippen LogP contribution in [-0.4, -0.2) is 19.2 Å². The molecule has 0 unspecified atom stereocenters. The fraction of sp³-hybridized carbons (Fsp3) is 0.417. The predicted molar refractivity (Wildman–Crippen MR) is 62.9 cm³/mol. The van der Waals surface area contributed by atoms with Crippen LogP contribution in [0.15, 0.2) is 18.2 Å². The number of hydrogen-bond acceptors (Lipinski definition) is 3. The molecule has 0 bridgehead atoms. The van der Waals surface area contributed by atoms with Crippen LogP contribution < -0.4 is 4.74 Å². The van der Waals surface area contributed by atoms with E-state index in [9.17, 15) is 4.79 Å². The summed E-state index contributed by atoms with van der Waals surface area (Å²) < 4.78 is 10.1. The third-order valence-electron chi connectivity index (χ3n) is 2.24. The fourth-order valence-electron chi connectivity index (χ4n) is 1.34. The van der Waals surface area contributed by atoms with Crippen LogP contribution in [0, 0.1) is 0 Å². The number of rotatable bonds is 4. The van der Waals surface area contributed by atoms with Crippen LogP contribution in [-0.2, 0) is 16.0 Å². The van der Waals surface area contributed by atoms with Crippen molar-refractivity contribution in [1.29, 1.82) is 0 Å². The van der Waals surface area contributed by atoms with Crippen LogP contribution in [0.5, 0.6) is 5.75 Å². The van der Waals surface area contributed by atoms with Crippen molar-refractivity contribution in [3.05, 3.63) is 28.8 Å². The van der Waals surface area contributed by atoms with E-state index in [1.54, 1.807) is 19.1 Å². The van der Waals surface area contributed by atoms with E-state index in [4.69, 9.17) is 16.3 Å². The quantitative estimate of drug-likeness (QED) is 0.762. The second-order valence-corrected chi connectivity index (χ2v) is 3.83. The Balaban J connectivity index is 2.84. The van der Waals surface area contributed by atoms with Gasteiger partial charge in [0.25, 0.3) is 0 Å². The first-order valence-electron chi connectivity index (χ1n) is 5.11. The van der Waals surface area contributed by atoms with E-state index < -0.39 is 12.1 Å². The van der Waals surface area contributed by atoms with Gasteiger partial charge in [-0.15, -0.1) is 0 Å². The molecule has 0 fully saturated rings. The molecule has 0 amide bonds. The molecular formula is C12H15ClO3. The summed E-state index contributed by atoms with van der Waals surface area (Å²) in [5.74, 6) is 0.279. The first-order chi connectivity index (χ1) is 7.58. The van der Waals surface area contributed by atoms with E-state index in [0.717, 1.165) is 12.0 Å². The normalized spacial score (nSPS) is 12.0. The van der Waals surface area contributed by atoms with Gasteiger partial charge in [-0.3, -0.25) is 0 Å². The lowest BCUT2D eigenvalue weighted by molar-refractivity contribution is -0.147. The maximum absolute atomic E-state index is 11.2. The standard InChI is InChI=1S/C12H15ClO3/c1-4-9-7-10(13)5-6-11(9)16-8(2)12(14)15-3/h5-8H,4H2,1-3H3/t8-/m0/s1. The number of halogens is 1. The first kappa shape index (κ1) is 12.8. The van der Waals surface area contributed by atoms with E-state index in [0.29, 0.717) is 10.8 Å². The lowest BCUT2D eigenvalue weighted by Crippen LogP contribution is -2.25. The van der Waals surface area contributed by atoms with E-state index in [1.807, 2.05) is 13.0 Å². The zero-order chi connectivity index (χ0) is 12.1. The Morgan fingerprint density at radius 1 is 1.50 bits per heavy atom. The molecule has 0 N–H and O–H groups in total. The van der Waals surface area contributed by atoms with Crippen molar-refractivity contribution < 1.29 is 14.3 Å². The van der Waals surface area contributed by atoms with Gasteiger partial charge in [-0.05, 0) is 37.1 Å². The van der Waals surface area contributed by atoms with Crippen molar-refractivity contribution in [3.8, 4) is 5.75 Å². The highest BCUT2D eigenvalue weighted by Crippen LogP contribution is 2.24.